The molecule has 94 valence electrons. The standard InChI is InChI=1S/C13H16N4O/c1-2-18-12-5-3-4-10(6-12)13-9-17(16-15-13)11-7-14-8-11/h3-6,9,11,14H,2,7-8H2,1H3. The van der Waals surface area contributed by atoms with Crippen LogP contribution in [0.3, 0.4) is 0 Å². The van der Waals surface area contributed by atoms with E-state index in [0.717, 1.165) is 30.1 Å². The van der Waals surface area contributed by atoms with E-state index in [2.05, 4.69) is 15.6 Å². The van der Waals surface area contributed by atoms with Crippen molar-refractivity contribution in [3.63, 3.8) is 0 Å². The second-order valence-corrected chi connectivity index (χ2v) is 4.36. The van der Waals surface area contributed by atoms with E-state index in [9.17, 15) is 0 Å². The second kappa shape index (κ2) is 4.78. The average molecular weight is 244 g/mol. The molecule has 2 heterocycles. The molecule has 0 aliphatic carbocycles. The Morgan fingerprint density at radius 2 is 2.33 bits per heavy atom. The zero-order valence-electron chi connectivity index (χ0n) is 10.3. The summed E-state index contributed by atoms with van der Waals surface area (Å²) in [6.07, 6.45) is 2.00. The molecule has 0 bridgehead atoms. The normalized spacial score (nSPS) is 15.4. The summed E-state index contributed by atoms with van der Waals surface area (Å²) in [6, 6.07) is 8.39. The van der Waals surface area contributed by atoms with Crippen LogP contribution in [0.25, 0.3) is 11.3 Å². The highest BCUT2D eigenvalue weighted by Gasteiger charge is 2.20. The summed E-state index contributed by atoms with van der Waals surface area (Å²) in [6.45, 7) is 4.60. The van der Waals surface area contributed by atoms with E-state index in [1.807, 2.05) is 42.1 Å². The molecule has 0 unspecified atom stereocenters. The van der Waals surface area contributed by atoms with Gasteiger partial charge < -0.3 is 10.1 Å². The molecule has 1 fully saturated rings. The van der Waals surface area contributed by atoms with E-state index in [1.54, 1.807) is 0 Å². The lowest BCUT2D eigenvalue weighted by atomic mass is 10.1. The maximum absolute atomic E-state index is 5.49. The summed E-state index contributed by atoms with van der Waals surface area (Å²) in [5.74, 6) is 0.870. The molecule has 1 aliphatic heterocycles. The molecule has 0 radical (unpaired) electrons. The van der Waals surface area contributed by atoms with Gasteiger partial charge in [-0.15, -0.1) is 5.10 Å². The first-order valence-electron chi connectivity index (χ1n) is 6.22. The first-order valence-corrected chi connectivity index (χ1v) is 6.22. The van der Waals surface area contributed by atoms with Crippen LogP contribution in [0.5, 0.6) is 5.75 Å². The smallest absolute Gasteiger partial charge is 0.119 e. The highest BCUT2D eigenvalue weighted by molar-refractivity contribution is 5.59. The Bertz CT molecular complexity index is 533. The zero-order chi connectivity index (χ0) is 12.4. The molecule has 18 heavy (non-hydrogen) atoms. The lowest BCUT2D eigenvalue weighted by Gasteiger charge is -2.26. The minimum Gasteiger partial charge on any atom is -0.494 e. The summed E-state index contributed by atoms with van der Waals surface area (Å²) in [5.41, 5.74) is 1.93. The van der Waals surface area contributed by atoms with Crippen LogP contribution in [0.1, 0.15) is 13.0 Å². The Balaban J connectivity index is 1.84. The molecule has 2 aromatic rings. The maximum atomic E-state index is 5.49. The van der Waals surface area contributed by atoms with Gasteiger partial charge in [-0.2, -0.15) is 0 Å². The lowest BCUT2D eigenvalue weighted by Crippen LogP contribution is -2.43. The van der Waals surface area contributed by atoms with Crippen LogP contribution in [0.15, 0.2) is 30.5 Å². The molecule has 1 N–H and O–H groups in total. The molecular weight excluding hydrogens is 228 g/mol. The highest BCUT2D eigenvalue weighted by atomic mass is 16.5. The van der Waals surface area contributed by atoms with Crippen LogP contribution in [-0.4, -0.2) is 34.7 Å². The molecule has 0 saturated carbocycles. The number of nitrogens with zero attached hydrogens (tertiary/aromatic N) is 3. The lowest BCUT2D eigenvalue weighted by molar-refractivity contribution is 0.313. The fourth-order valence-corrected chi connectivity index (χ4v) is 1.96. The molecule has 0 amide bonds. The summed E-state index contributed by atoms with van der Waals surface area (Å²) in [5, 5.41) is 11.6. The van der Waals surface area contributed by atoms with Gasteiger partial charge in [0.05, 0.1) is 18.8 Å². The van der Waals surface area contributed by atoms with Gasteiger partial charge in [0.15, 0.2) is 0 Å². The molecular formula is C13H16N4O. The van der Waals surface area contributed by atoms with Crippen molar-refractivity contribution in [3.05, 3.63) is 30.5 Å². The third-order valence-corrected chi connectivity index (χ3v) is 3.09. The van der Waals surface area contributed by atoms with Gasteiger partial charge in [0.2, 0.25) is 0 Å². The van der Waals surface area contributed by atoms with Gasteiger partial charge in [0, 0.05) is 18.7 Å². The second-order valence-electron chi connectivity index (χ2n) is 4.36. The number of hydrogen-bond donors (Lipinski definition) is 1. The van der Waals surface area contributed by atoms with E-state index in [-0.39, 0.29) is 0 Å². The Hall–Kier alpha value is -1.88. The van der Waals surface area contributed by atoms with Gasteiger partial charge in [0.1, 0.15) is 11.4 Å². The minimum absolute atomic E-state index is 0.446. The third kappa shape index (κ3) is 2.09. The van der Waals surface area contributed by atoms with Crippen LogP contribution in [0.4, 0.5) is 0 Å². The fraction of sp³-hybridized carbons (Fsp3) is 0.385. The molecule has 1 aliphatic rings. The molecule has 5 nitrogen and oxygen atoms in total. The van der Waals surface area contributed by atoms with Gasteiger partial charge in [0.25, 0.3) is 0 Å². The van der Waals surface area contributed by atoms with Crippen molar-refractivity contribution in [1.82, 2.24) is 20.3 Å². The van der Waals surface area contributed by atoms with Crippen molar-refractivity contribution in [2.24, 2.45) is 0 Å². The zero-order valence-corrected chi connectivity index (χ0v) is 10.3. The van der Waals surface area contributed by atoms with E-state index in [1.165, 1.54) is 0 Å². The van der Waals surface area contributed by atoms with E-state index >= 15 is 0 Å². The first-order chi connectivity index (χ1) is 8.86. The molecule has 5 heteroatoms. The number of benzene rings is 1. The van der Waals surface area contributed by atoms with Crippen molar-refractivity contribution in [2.45, 2.75) is 13.0 Å². The number of aromatic nitrogens is 3. The van der Waals surface area contributed by atoms with Crippen molar-refractivity contribution in [3.8, 4) is 17.0 Å². The first kappa shape index (κ1) is 11.2. The van der Waals surface area contributed by atoms with Gasteiger partial charge in [-0.3, -0.25) is 0 Å². The van der Waals surface area contributed by atoms with Gasteiger partial charge >= 0.3 is 0 Å². The summed E-state index contributed by atoms with van der Waals surface area (Å²) < 4.78 is 7.42. The van der Waals surface area contributed by atoms with E-state index in [0.29, 0.717) is 12.6 Å². The van der Waals surface area contributed by atoms with Gasteiger partial charge in [-0.1, -0.05) is 17.3 Å². The minimum atomic E-state index is 0.446. The van der Waals surface area contributed by atoms with Crippen LogP contribution < -0.4 is 10.1 Å². The van der Waals surface area contributed by atoms with Gasteiger partial charge in [-0.05, 0) is 19.1 Å². The van der Waals surface area contributed by atoms with E-state index in [4.69, 9.17) is 4.74 Å². The Kier molecular flexibility index (Phi) is 2.98. The van der Waals surface area contributed by atoms with Crippen LogP contribution in [-0.2, 0) is 0 Å². The van der Waals surface area contributed by atoms with Crippen molar-refractivity contribution in [2.75, 3.05) is 19.7 Å². The molecule has 3 rings (SSSR count). The van der Waals surface area contributed by atoms with Crippen molar-refractivity contribution in [1.29, 1.82) is 0 Å². The monoisotopic (exact) mass is 244 g/mol. The molecule has 1 aromatic carbocycles. The van der Waals surface area contributed by atoms with Crippen LogP contribution in [0, 0.1) is 0 Å². The molecule has 0 spiro atoms. The summed E-state index contributed by atoms with van der Waals surface area (Å²) in [7, 11) is 0. The van der Waals surface area contributed by atoms with Crippen LogP contribution in [0.2, 0.25) is 0 Å². The summed E-state index contributed by atoms with van der Waals surface area (Å²) >= 11 is 0. The predicted molar refractivity (Wildman–Crippen MR) is 68.5 cm³/mol. The average Bonchev–Trinajstić information content (AvgIpc) is 2.77. The Morgan fingerprint density at radius 1 is 1.44 bits per heavy atom. The molecule has 1 saturated heterocycles. The fourth-order valence-electron chi connectivity index (χ4n) is 1.96. The number of hydrogen-bond acceptors (Lipinski definition) is 4. The molecule has 1 aromatic heterocycles. The number of ether oxygens (including phenoxy) is 1. The Labute approximate surface area is 106 Å². The number of rotatable bonds is 4. The topological polar surface area (TPSA) is 52.0 Å². The summed E-state index contributed by atoms with van der Waals surface area (Å²) in [4.78, 5) is 0. The maximum Gasteiger partial charge on any atom is 0.119 e. The van der Waals surface area contributed by atoms with Crippen molar-refractivity contribution >= 4 is 0 Å². The predicted octanol–water partition coefficient (Wildman–Crippen LogP) is 1.49. The highest BCUT2D eigenvalue weighted by Crippen LogP contribution is 2.23. The van der Waals surface area contributed by atoms with E-state index < -0.39 is 0 Å². The Morgan fingerprint density at radius 3 is 3.06 bits per heavy atom. The third-order valence-electron chi connectivity index (χ3n) is 3.09. The number of nitrogens with one attached hydrogen (secondary N) is 1. The molecule has 0 atom stereocenters. The quantitative estimate of drug-likeness (QED) is 0.885. The van der Waals surface area contributed by atoms with Crippen molar-refractivity contribution < 1.29 is 4.74 Å². The van der Waals surface area contributed by atoms with Crippen LogP contribution >= 0.6 is 0 Å². The largest absolute Gasteiger partial charge is 0.494 e. The van der Waals surface area contributed by atoms with Gasteiger partial charge in [-0.25, -0.2) is 4.68 Å². The SMILES string of the molecule is CCOc1cccc(-c2cn(C3CNC3)nn2)c1.